The molecule has 3 nitrogen and oxygen atoms in total. The Labute approximate surface area is 62.4 Å². The number of halogens is 3. The molecule has 0 heterocycles. The number of hydrogen-bond acceptors (Lipinski definition) is 1. The van der Waals surface area contributed by atoms with Gasteiger partial charge in [0, 0.05) is 0 Å². The molecule has 0 aliphatic carbocycles. The topological polar surface area (TPSA) is 75.9 Å². The first-order valence-corrected chi connectivity index (χ1v) is 2.79. The molecule has 5 N–H and O–H groups in total. The van der Waals surface area contributed by atoms with Gasteiger partial charge in [-0.3, -0.25) is 5.41 Å². The van der Waals surface area contributed by atoms with Crippen molar-refractivity contribution in [2.45, 2.75) is 4.30 Å². The van der Waals surface area contributed by atoms with Gasteiger partial charge in [0.2, 0.25) is 0 Å². The highest BCUT2D eigenvalue weighted by molar-refractivity contribution is 6.63. The van der Waals surface area contributed by atoms with E-state index in [-0.39, 0.29) is 5.96 Å². The van der Waals surface area contributed by atoms with Crippen LogP contribution in [0.2, 0.25) is 0 Å². The summed E-state index contributed by atoms with van der Waals surface area (Å²) in [5.74, 6) is -0.333. The van der Waals surface area contributed by atoms with Crippen LogP contribution in [0.1, 0.15) is 0 Å². The van der Waals surface area contributed by atoms with E-state index in [0.29, 0.717) is 0 Å². The second kappa shape index (κ2) is 7.14. The molecule has 0 bridgehead atoms. The number of rotatable bonds is 0. The summed E-state index contributed by atoms with van der Waals surface area (Å²) in [6, 6.07) is 0. The van der Waals surface area contributed by atoms with Gasteiger partial charge in [0.15, 0.2) is 10.3 Å². The molecule has 6 heteroatoms. The Morgan fingerprint density at radius 3 is 1.25 bits per heavy atom. The summed E-state index contributed by atoms with van der Waals surface area (Å²) in [5, 5.41) is 6.06. The largest absolute Gasteiger partial charge is 0.370 e. The van der Waals surface area contributed by atoms with E-state index in [9.17, 15) is 0 Å². The van der Waals surface area contributed by atoms with Crippen LogP contribution in [0.3, 0.4) is 0 Å². The van der Waals surface area contributed by atoms with Crippen molar-refractivity contribution in [1.82, 2.24) is 0 Å². The molecule has 0 aliphatic heterocycles. The van der Waals surface area contributed by atoms with Gasteiger partial charge < -0.3 is 11.5 Å². The summed E-state index contributed by atoms with van der Waals surface area (Å²) < 4.78 is -0.750. The Kier molecular flexibility index (Phi) is 9.82. The molecule has 0 radical (unpaired) electrons. The molecule has 0 aromatic carbocycles. The van der Waals surface area contributed by atoms with E-state index in [1.807, 2.05) is 0 Å². The molecular weight excluding hydrogens is 172 g/mol. The van der Waals surface area contributed by atoms with E-state index in [2.05, 4.69) is 11.5 Å². The quantitative estimate of drug-likeness (QED) is 0.292. The average molecular weight is 178 g/mol. The zero-order valence-corrected chi connectivity index (χ0v) is 6.13. The van der Waals surface area contributed by atoms with Gasteiger partial charge in [0.1, 0.15) is 0 Å². The van der Waals surface area contributed by atoms with Gasteiger partial charge in [-0.25, -0.2) is 0 Å². The molecule has 0 rings (SSSR count). The molecule has 0 aromatic rings. The maximum absolute atomic E-state index is 6.06. The molecule has 8 heavy (non-hydrogen) atoms. The molecular formula is C2H6Cl3N3. The first-order chi connectivity index (χ1) is 3.46. The fourth-order valence-electron chi connectivity index (χ4n) is 0. The molecule has 0 unspecified atom stereocenters. The van der Waals surface area contributed by atoms with E-state index >= 15 is 0 Å². The molecule has 0 spiro atoms. The first-order valence-electron chi connectivity index (χ1n) is 1.48. The van der Waals surface area contributed by atoms with Crippen molar-refractivity contribution in [1.29, 1.82) is 5.41 Å². The van der Waals surface area contributed by atoms with E-state index in [1.165, 1.54) is 0 Å². The van der Waals surface area contributed by atoms with Crippen LogP contribution in [0.15, 0.2) is 0 Å². The second-order valence-corrected chi connectivity index (χ2v) is 2.68. The van der Waals surface area contributed by atoms with Crippen LogP contribution < -0.4 is 11.5 Å². The summed E-state index contributed by atoms with van der Waals surface area (Å²) in [5.41, 5.74) is 8.94. The van der Waals surface area contributed by atoms with Crippen LogP contribution in [-0.2, 0) is 0 Å². The van der Waals surface area contributed by atoms with E-state index in [4.69, 9.17) is 40.2 Å². The Morgan fingerprint density at radius 2 is 1.25 bits per heavy atom. The van der Waals surface area contributed by atoms with Gasteiger partial charge >= 0.3 is 0 Å². The third-order valence-electron chi connectivity index (χ3n) is 0. The highest BCUT2D eigenvalue weighted by Crippen LogP contribution is 2.03. The predicted octanol–water partition coefficient (Wildman–Crippen LogP) is 0.825. The maximum Gasteiger partial charge on any atom is 0.183 e. The van der Waals surface area contributed by atoms with Crippen molar-refractivity contribution < 1.29 is 0 Å². The van der Waals surface area contributed by atoms with Crippen molar-refractivity contribution >= 4 is 40.8 Å². The Balaban J connectivity index is 0. The number of guanidine groups is 1. The number of nitrogens with two attached hydrogens (primary N) is 2. The van der Waals surface area contributed by atoms with Crippen LogP contribution >= 0.6 is 34.8 Å². The summed E-state index contributed by atoms with van der Waals surface area (Å²) in [6.45, 7) is 0. The minimum Gasteiger partial charge on any atom is -0.370 e. The fourth-order valence-corrected chi connectivity index (χ4v) is 0. The summed E-state index contributed by atoms with van der Waals surface area (Å²) >= 11 is 14.4. The monoisotopic (exact) mass is 177 g/mol. The molecule has 0 amide bonds. The van der Waals surface area contributed by atoms with Gasteiger partial charge in [-0.2, -0.15) is 0 Å². The van der Waals surface area contributed by atoms with Crippen molar-refractivity contribution in [3.63, 3.8) is 0 Å². The summed E-state index contributed by atoms with van der Waals surface area (Å²) in [7, 11) is 0. The molecule has 0 saturated heterocycles. The fraction of sp³-hybridized carbons (Fsp3) is 0.500. The van der Waals surface area contributed by atoms with E-state index in [0.717, 1.165) is 0 Å². The molecule has 0 fully saturated rings. The molecule has 0 atom stereocenters. The minimum absolute atomic E-state index is 0.333. The van der Waals surface area contributed by atoms with Gasteiger partial charge in [-0.05, 0) is 0 Å². The maximum atomic E-state index is 6.06. The highest BCUT2D eigenvalue weighted by atomic mass is 35.6. The lowest BCUT2D eigenvalue weighted by molar-refractivity contribution is 1.39. The molecule has 50 valence electrons. The van der Waals surface area contributed by atoms with Crippen LogP contribution in [0.25, 0.3) is 0 Å². The van der Waals surface area contributed by atoms with Crippen LogP contribution in [0.5, 0.6) is 0 Å². The summed E-state index contributed by atoms with van der Waals surface area (Å²) in [4.78, 5) is 0. The Morgan fingerprint density at radius 1 is 1.25 bits per heavy atom. The molecule has 0 aliphatic rings. The average Bonchev–Trinajstić information content (AvgIpc) is 1.25. The van der Waals surface area contributed by atoms with Crippen LogP contribution in [0.4, 0.5) is 0 Å². The van der Waals surface area contributed by atoms with Gasteiger partial charge in [0.05, 0.1) is 0 Å². The lowest BCUT2D eigenvalue weighted by Gasteiger charge is -1.69. The van der Waals surface area contributed by atoms with Crippen molar-refractivity contribution in [2.24, 2.45) is 11.5 Å². The third kappa shape index (κ3) is 8280. The Hall–Kier alpha value is 0.140. The van der Waals surface area contributed by atoms with Crippen LogP contribution in [-0.4, -0.2) is 10.3 Å². The normalized spacial score (nSPS) is 7.50. The zero-order chi connectivity index (χ0) is 7.15. The zero-order valence-electron chi connectivity index (χ0n) is 3.87. The lowest BCUT2D eigenvalue weighted by atomic mass is 11.1. The van der Waals surface area contributed by atoms with Crippen molar-refractivity contribution in [2.75, 3.05) is 0 Å². The van der Waals surface area contributed by atoms with Crippen molar-refractivity contribution in [3.8, 4) is 0 Å². The van der Waals surface area contributed by atoms with Gasteiger partial charge in [0.25, 0.3) is 0 Å². The van der Waals surface area contributed by atoms with Crippen LogP contribution in [0, 0.1) is 5.41 Å². The van der Waals surface area contributed by atoms with E-state index < -0.39 is 4.30 Å². The third-order valence-corrected chi connectivity index (χ3v) is 0. The molecule has 0 saturated carbocycles. The van der Waals surface area contributed by atoms with Gasteiger partial charge in [-0.1, -0.05) is 34.8 Å². The predicted molar refractivity (Wildman–Crippen MR) is 37.4 cm³/mol. The smallest absolute Gasteiger partial charge is 0.183 e. The number of hydrogen-bond donors (Lipinski definition) is 3. The second-order valence-electron chi connectivity index (χ2n) is 0.703. The number of alkyl halides is 3. The molecule has 0 aromatic heterocycles. The van der Waals surface area contributed by atoms with Crippen molar-refractivity contribution in [3.05, 3.63) is 0 Å². The lowest BCUT2D eigenvalue weighted by Crippen LogP contribution is -2.20. The minimum atomic E-state index is -0.750. The standard InChI is InChI=1S/CHCl3.CH5N3/c2*2-1(3)4/h1H;(H5,2,3,4). The first kappa shape index (κ1) is 11.0. The van der Waals surface area contributed by atoms with Gasteiger partial charge in [-0.15, -0.1) is 0 Å². The SMILES string of the molecule is ClC(Cl)Cl.N=C(N)N. The Bertz CT molecular complexity index is 56.8. The summed E-state index contributed by atoms with van der Waals surface area (Å²) in [6.07, 6.45) is 0. The number of nitrogens with one attached hydrogen (secondary N) is 1. The highest BCUT2D eigenvalue weighted by Gasteiger charge is 1.78. The van der Waals surface area contributed by atoms with E-state index in [1.54, 1.807) is 0 Å².